The van der Waals surface area contributed by atoms with Crippen LogP contribution in [0, 0.1) is 0 Å². The smallest absolute Gasteiger partial charge is 0.326 e. The Hall–Kier alpha value is -6.70. The van der Waals surface area contributed by atoms with Crippen LogP contribution in [0.1, 0.15) is 66.2 Å². The van der Waals surface area contributed by atoms with Gasteiger partial charge in [-0.1, -0.05) is 61.9 Å². The number of nitrogens with one attached hydrogen (secondary N) is 4. The van der Waals surface area contributed by atoms with Crippen LogP contribution in [0.3, 0.4) is 0 Å². The molecule has 2 unspecified atom stereocenters. The number of unbranched alkanes of at least 4 members (excludes halogenated alkanes) is 1. The van der Waals surface area contributed by atoms with Crippen molar-refractivity contribution in [3.8, 4) is 33.8 Å². The normalized spacial score (nSPS) is 15.9. The van der Waals surface area contributed by atoms with E-state index in [2.05, 4.69) is 52.5 Å². The van der Waals surface area contributed by atoms with Gasteiger partial charge in [-0.05, 0) is 84.0 Å². The van der Waals surface area contributed by atoms with E-state index in [1.54, 1.807) is 19.1 Å². The highest BCUT2D eigenvalue weighted by Gasteiger charge is 2.31. The first-order chi connectivity index (χ1) is 27.2. The first-order valence-electron chi connectivity index (χ1n) is 18.7. The van der Waals surface area contributed by atoms with E-state index in [0.717, 1.165) is 35.3 Å². The lowest BCUT2D eigenvalue weighted by Crippen LogP contribution is -2.49. The highest BCUT2D eigenvalue weighted by Crippen LogP contribution is 2.38. The third kappa shape index (κ3) is 10.7. The van der Waals surface area contributed by atoms with Crippen LogP contribution in [-0.2, 0) is 36.8 Å². The van der Waals surface area contributed by atoms with E-state index in [1.807, 2.05) is 12.1 Å². The number of hydrogen-bond acceptors (Lipinski definition) is 8. The van der Waals surface area contributed by atoms with Crippen LogP contribution in [0.4, 0.5) is 0 Å². The number of hydrogen-bond donors (Lipinski definition) is 7. The van der Waals surface area contributed by atoms with Crippen LogP contribution in [0.25, 0.3) is 22.3 Å². The van der Waals surface area contributed by atoms with E-state index in [9.17, 15) is 44.1 Å². The fourth-order valence-electron chi connectivity index (χ4n) is 6.57. The van der Waals surface area contributed by atoms with E-state index in [1.165, 1.54) is 49.0 Å². The SMILES string of the molecule is CCCCc1ccc(-c2ccc(C(=O)NC(C)CC(=O)NCC(=O)N(C)C3C(=O)NCC(=O)N[C@H](C(=O)O)Cc4ccc(O)c(c4)-c4cc3ccc4O)cc2)cc1. The number of carboxylic acid groups (broad SMARTS) is 1. The van der Waals surface area contributed by atoms with Gasteiger partial charge < -0.3 is 41.5 Å². The summed E-state index contributed by atoms with van der Waals surface area (Å²) in [7, 11) is 1.32. The Morgan fingerprint density at radius 1 is 0.877 bits per heavy atom. The van der Waals surface area contributed by atoms with Crippen molar-refractivity contribution in [1.82, 2.24) is 26.2 Å². The van der Waals surface area contributed by atoms with Crippen LogP contribution in [0.5, 0.6) is 11.5 Å². The summed E-state index contributed by atoms with van der Waals surface area (Å²) >= 11 is 0. The molecule has 3 atom stereocenters. The van der Waals surface area contributed by atoms with Crippen molar-refractivity contribution in [2.75, 3.05) is 20.1 Å². The first-order valence-corrected chi connectivity index (χ1v) is 18.7. The highest BCUT2D eigenvalue weighted by molar-refractivity contribution is 5.96. The minimum absolute atomic E-state index is 0.103. The van der Waals surface area contributed by atoms with Crippen LogP contribution in [0.15, 0.2) is 84.9 Å². The fourth-order valence-corrected chi connectivity index (χ4v) is 6.57. The molecule has 5 rings (SSSR count). The van der Waals surface area contributed by atoms with E-state index < -0.39 is 60.8 Å². The molecule has 0 aliphatic carbocycles. The number of carbonyl (C=O) groups excluding carboxylic acids is 5. The monoisotopic (exact) mass is 777 g/mol. The molecule has 14 nitrogen and oxygen atoms in total. The molecule has 7 N–H and O–H groups in total. The number of phenols is 2. The van der Waals surface area contributed by atoms with Crippen molar-refractivity contribution < 1.29 is 44.1 Å². The van der Waals surface area contributed by atoms with Crippen molar-refractivity contribution in [1.29, 1.82) is 0 Å². The molecule has 4 aromatic carbocycles. The lowest BCUT2D eigenvalue weighted by atomic mass is 9.94. The second kappa shape index (κ2) is 18.8. The van der Waals surface area contributed by atoms with E-state index in [0.29, 0.717) is 11.1 Å². The first kappa shape index (κ1) is 41.5. The predicted octanol–water partition coefficient (Wildman–Crippen LogP) is 3.84. The number of rotatable bonds is 12. The summed E-state index contributed by atoms with van der Waals surface area (Å²) in [6.45, 7) is 2.69. The van der Waals surface area contributed by atoms with Crippen LogP contribution < -0.4 is 21.3 Å². The van der Waals surface area contributed by atoms with Gasteiger partial charge in [0.1, 0.15) is 23.6 Å². The maximum absolute atomic E-state index is 13.6. The van der Waals surface area contributed by atoms with Crippen LogP contribution >= 0.6 is 0 Å². The molecule has 1 heterocycles. The molecule has 298 valence electrons. The summed E-state index contributed by atoms with van der Waals surface area (Å²) in [4.78, 5) is 78.7. The molecule has 57 heavy (non-hydrogen) atoms. The molecule has 4 bridgehead atoms. The van der Waals surface area contributed by atoms with E-state index in [-0.39, 0.29) is 46.9 Å². The summed E-state index contributed by atoms with van der Waals surface area (Å²) in [5, 5.41) is 41.4. The van der Waals surface area contributed by atoms with Gasteiger partial charge in [0.05, 0.1) is 13.1 Å². The van der Waals surface area contributed by atoms with Gasteiger partial charge in [-0.25, -0.2) is 4.79 Å². The maximum Gasteiger partial charge on any atom is 0.326 e. The van der Waals surface area contributed by atoms with E-state index >= 15 is 0 Å². The molecule has 1 aliphatic rings. The van der Waals surface area contributed by atoms with Gasteiger partial charge >= 0.3 is 5.97 Å². The Kier molecular flexibility index (Phi) is 13.6. The Morgan fingerprint density at radius 3 is 2.16 bits per heavy atom. The minimum atomic E-state index is -1.39. The molecule has 1 aliphatic heterocycles. The molecular weight excluding hydrogens is 730 g/mol. The molecular formula is C43H47N5O9. The number of carboxylic acids is 1. The lowest BCUT2D eigenvalue weighted by molar-refractivity contribution is -0.142. The minimum Gasteiger partial charge on any atom is -0.507 e. The van der Waals surface area contributed by atoms with E-state index in [4.69, 9.17) is 0 Å². The van der Waals surface area contributed by atoms with Crippen molar-refractivity contribution in [2.24, 2.45) is 0 Å². The Bertz CT molecular complexity index is 2140. The van der Waals surface area contributed by atoms with Gasteiger partial charge in [0.15, 0.2) is 0 Å². The summed E-state index contributed by atoms with van der Waals surface area (Å²) in [6.07, 6.45) is 3.00. The number of aliphatic carboxylic acids is 1. The zero-order valence-electron chi connectivity index (χ0n) is 32.0. The average Bonchev–Trinajstić information content (AvgIpc) is 3.19. The maximum atomic E-state index is 13.6. The number of aromatic hydroxyl groups is 2. The summed E-state index contributed by atoms with van der Waals surface area (Å²) in [5.74, 6) is -5.03. The molecule has 0 aromatic heterocycles. The van der Waals surface area contributed by atoms with Crippen LogP contribution in [0.2, 0.25) is 0 Å². The van der Waals surface area contributed by atoms with Crippen LogP contribution in [-0.4, -0.2) is 87.9 Å². The number of benzene rings is 4. The number of likely N-dealkylation sites (N-methyl/N-ethyl adjacent to an activating group) is 1. The predicted molar refractivity (Wildman–Crippen MR) is 212 cm³/mol. The topological polar surface area (TPSA) is 214 Å². The Labute approximate surface area is 330 Å². The Morgan fingerprint density at radius 2 is 1.51 bits per heavy atom. The number of fused-ring (bicyclic) bond motifs is 5. The van der Waals surface area contributed by atoms with Crippen molar-refractivity contribution >= 4 is 35.5 Å². The molecule has 5 amide bonds. The molecule has 0 spiro atoms. The largest absolute Gasteiger partial charge is 0.507 e. The second-order valence-electron chi connectivity index (χ2n) is 14.1. The standard InChI is InChI=1S/C43H47N5O9/c1-4-5-6-26-7-10-28(11-8-26)29-12-14-30(15-13-29)41(54)46-25(2)19-37(51)44-24-39(53)48(3)40-31-16-18-36(50)33(22-31)32-20-27(9-17-35(32)49)21-34(43(56)57)47-38(52)23-45-42(40)55/h7-18,20,22,25,34,40,49-50H,4-6,19,21,23-24H2,1-3H3,(H,44,51)(H,45,55)(H,46,54)(H,47,52)(H,56,57)/t25?,34-,40?/m0/s1. The number of phenolic OH excluding ortho intramolecular Hbond substituents is 2. The van der Waals surface area contributed by atoms with Crippen molar-refractivity contribution in [3.63, 3.8) is 0 Å². The fraction of sp³-hybridized carbons (Fsp3) is 0.302. The summed E-state index contributed by atoms with van der Waals surface area (Å²) < 4.78 is 0. The van der Waals surface area contributed by atoms with Crippen molar-refractivity contribution in [2.45, 2.75) is 64.1 Å². The van der Waals surface area contributed by atoms with Gasteiger partial charge in [-0.15, -0.1) is 0 Å². The summed E-state index contributed by atoms with van der Waals surface area (Å²) in [6, 6.07) is 20.5. The van der Waals surface area contributed by atoms with Gasteiger partial charge in [0, 0.05) is 42.6 Å². The van der Waals surface area contributed by atoms with Gasteiger partial charge in [0.2, 0.25) is 23.6 Å². The summed E-state index contributed by atoms with van der Waals surface area (Å²) in [5.41, 5.74) is 4.58. The van der Waals surface area contributed by atoms with Gasteiger partial charge in [-0.3, -0.25) is 24.0 Å². The molecule has 14 heteroatoms. The number of aryl methyl sites for hydroxylation is 1. The molecule has 0 saturated heterocycles. The molecule has 0 radical (unpaired) electrons. The third-order valence-electron chi connectivity index (χ3n) is 9.77. The number of amides is 5. The van der Waals surface area contributed by atoms with Gasteiger partial charge in [-0.2, -0.15) is 0 Å². The molecule has 4 aromatic rings. The zero-order chi connectivity index (χ0) is 41.2. The lowest BCUT2D eigenvalue weighted by Gasteiger charge is -2.29. The second-order valence-corrected chi connectivity index (χ2v) is 14.1. The van der Waals surface area contributed by atoms with Gasteiger partial charge in [0.25, 0.3) is 5.91 Å². The Balaban J connectivity index is 1.23. The van der Waals surface area contributed by atoms with Crippen molar-refractivity contribution in [3.05, 3.63) is 107 Å². The highest BCUT2D eigenvalue weighted by atomic mass is 16.4. The quantitative estimate of drug-likeness (QED) is 0.111. The number of nitrogens with zero attached hydrogens (tertiary/aromatic N) is 1. The zero-order valence-corrected chi connectivity index (χ0v) is 32.0. The molecule has 0 saturated carbocycles. The average molecular weight is 778 g/mol. The molecule has 0 fully saturated rings. The number of carbonyl (C=O) groups is 6. The third-order valence-corrected chi connectivity index (χ3v) is 9.77.